The molecule has 0 spiro atoms. The maximum Gasteiger partial charge on any atom is 0.357 e. The van der Waals surface area contributed by atoms with E-state index in [-0.39, 0.29) is 28.7 Å². The predicted octanol–water partition coefficient (Wildman–Crippen LogP) is 2.92. The van der Waals surface area contributed by atoms with Crippen LogP contribution in [0.15, 0.2) is 64.8 Å². The van der Waals surface area contributed by atoms with E-state index in [0.717, 1.165) is 21.5 Å². The summed E-state index contributed by atoms with van der Waals surface area (Å²) in [5.74, 6) is -1.65. The largest absolute Gasteiger partial charge is 0.508 e. The van der Waals surface area contributed by atoms with Crippen molar-refractivity contribution in [3.63, 3.8) is 0 Å². The first-order valence-electron chi connectivity index (χ1n) is 10.1. The van der Waals surface area contributed by atoms with Crippen LogP contribution in [0.3, 0.4) is 0 Å². The van der Waals surface area contributed by atoms with Gasteiger partial charge in [-0.05, 0) is 29.8 Å². The molecule has 0 fully saturated rings. The summed E-state index contributed by atoms with van der Waals surface area (Å²) in [6, 6.07) is 13.8. The Bertz CT molecular complexity index is 1370. The molecule has 0 radical (unpaired) electrons. The number of phenols is 1. The second-order valence-corrected chi connectivity index (χ2v) is 8.13. The number of amides is 1. The van der Waals surface area contributed by atoms with E-state index in [4.69, 9.17) is 0 Å². The van der Waals surface area contributed by atoms with Gasteiger partial charge in [0.15, 0.2) is 10.8 Å². The number of ether oxygens (including phenoxy) is 1. The van der Waals surface area contributed by atoms with E-state index < -0.39 is 29.5 Å². The van der Waals surface area contributed by atoms with Gasteiger partial charge in [-0.1, -0.05) is 30.3 Å². The Labute approximate surface area is 197 Å². The monoisotopic (exact) mass is 480 g/mol. The van der Waals surface area contributed by atoms with Crippen LogP contribution >= 0.6 is 11.3 Å². The number of imidazole rings is 1. The van der Waals surface area contributed by atoms with Gasteiger partial charge in [0.25, 0.3) is 0 Å². The molecule has 0 aliphatic rings. The number of carbonyl (C=O) groups excluding carboxylic acids is 2. The fourth-order valence-corrected chi connectivity index (χ4v) is 4.10. The number of phenolic OH excluding ortho intramolecular Hbond substituents is 1. The molecule has 0 aliphatic heterocycles. The third-order valence-electron chi connectivity index (χ3n) is 5.07. The minimum atomic E-state index is -1.14. The fraction of sp³-hybridized carbons (Fsp3) is 0.130. The Morgan fingerprint density at radius 2 is 1.85 bits per heavy atom. The van der Waals surface area contributed by atoms with Gasteiger partial charge in [-0.3, -0.25) is 4.79 Å². The Balaban J connectivity index is 1.71. The van der Waals surface area contributed by atoms with Gasteiger partial charge in [0.1, 0.15) is 17.5 Å². The number of thiazole rings is 1. The van der Waals surface area contributed by atoms with Crippen molar-refractivity contribution in [2.24, 2.45) is 0 Å². The molecule has 34 heavy (non-hydrogen) atoms. The van der Waals surface area contributed by atoms with Gasteiger partial charge in [-0.2, -0.15) is 0 Å². The number of hydrogen-bond donors (Lipinski definition) is 4. The van der Waals surface area contributed by atoms with Crippen molar-refractivity contribution in [3.8, 4) is 22.9 Å². The zero-order valence-electron chi connectivity index (χ0n) is 17.9. The van der Waals surface area contributed by atoms with Crippen molar-refractivity contribution in [1.82, 2.24) is 14.5 Å². The number of benzene rings is 2. The number of rotatable bonds is 7. The number of hydrogen-bond acceptors (Lipinski definition) is 8. The molecule has 174 valence electrons. The number of nitrogens with one attached hydrogen (secondary N) is 2. The van der Waals surface area contributed by atoms with Crippen molar-refractivity contribution in [1.29, 1.82) is 0 Å². The Morgan fingerprint density at radius 3 is 2.53 bits per heavy atom. The predicted molar refractivity (Wildman–Crippen MR) is 125 cm³/mol. The number of H-pyrrole nitrogens is 1. The first kappa shape index (κ1) is 22.8. The number of aromatic amines is 1. The highest BCUT2D eigenvalue weighted by Crippen LogP contribution is 2.31. The molecule has 4 N–H and O–H groups in total. The van der Waals surface area contributed by atoms with Crippen LogP contribution in [0, 0.1) is 0 Å². The Morgan fingerprint density at radius 1 is 1.15 bits per heavy atom. The highest BCUT2D eigenvalue weighted by Gasteiger charge is 2.29. The van der Waals surface area contributed by atoms with Crippen LogP contribution in [0.2, 0.25) is 0 Å². The molecule has 1 atom stereocenters. The summed E-state index contributed by atoms with van der Waals surface area (Å²) in [5.41, 5.74) is 0.672. The molecule has 4 aromatic rings. The summed E-state index contributed by atoms with van der Waals surface area (Å²) in [6.07, 6.45) is 0.0994. The zero-order valence-corrected chi connectivity index (χ0v) is 18.7. The smallest absolute Gasteiger partial charge is 0.357 e. The topological polar surface area (TPSA) is 147 Å². The number of nitrogens with zero attached hydrogens (tertiary/aromatic N) is 2. The van der Waals surface area contributed by atoms with Crippen molar-refractivity contribution >= 4 is 28.3 Å². The summed E-state index contributed by atoms with van der Waals surface area (Å²) >= 11 is 1.03. The molecular weight excluding hydrogens is 460 g/mol. The van der Waals surface area contributed by atoms with Crippen LogP contribution in [0.1, 0.15) is 22.1 Å². The van der Waals surface area contributed by atoms with E-state index in [1.807, 2.05) is 6.07 Å². The minimum Gasteiger partial charge on any atom is -0.508 e. The lowest BCUT2D eigenvalue weighted by Gasteiger charge is -2.18. The number of methoxy groups -OCH3 is 1. The molecular formula is C23H20N4O6S. The molecule has 0 aliphatic carbocycles. The number of anilines is 1. The Kier molecular flexibility index (Phi) is 6.46. The van der Waals surface area contributed by atoms with E-state index in [1.165, 1.54) is 36.8 Å². The van der Waals surface area contributed by atoms with Gasteiger partial charge in [0.05, 0.1) is 7.11 Å². The van der Waals surface area contributed by atoms with Gasteiger partial charge >= 0.3 is 11.7 Å². The van der Waals surface area contributed by atoms with Gasteiger partial charge in [-0.25, -0.2) is 19.1 Å². The molecule has 2 heterocycles. The van der Waals surface area contributed by atoms with Crippen molar-refractivity contribution in [2.45, 2.75) is 12.5 Å². The highest BCUT2D eigenvalue weighted by atomic mass is 32.1. The van der Waals surface area contributed by atoms with E-state index in [0.29, 0.717) is 5.56 Å². The summed E-state index contributed by atoms with van der Waals surface area (Å²) < 4.78 is 5.60. The van der Waals surface area contributed by atoms with E-state index in [2.05, 4.69) is 20.0 Å². The third-order valence-corrected chi connectivity index (χ3v) is 5.83. The molecule has 0 saturated carbocycles. The lowest BCUT2D eigenvalue weighted by Crippen LogP contribution is -2.33. The number of esters is 1. The molecule has 1 amide bonds. The number of aromatic hydroxyl groups is 2. The van der Waals surface area contributed by atoms with Crippen LogP contribution in [0.5, 0.6) is 11.6 Å². The van der Waals surface area contributed by atoms with E-state index in [1.54, 1.807) is 24.3 Å². The maximum atomic E-state index is 13.3. The minimum absolute atomic E-state index is 0.0288. The van der Waals surface area contributed by atoms with Crippen LogP contribution in [-0.2, 0) is 16.0 Å². The normalized spacial score (nSPS) is 11.7. The van der Waals surface area contributed by atoms with Crippen LogP contribution in [0.25, 0.3) is 11.3 Å². The number of aromatic nitrogens is 3. The van der Waals surface area contributed by atoms with Crippen molar-refractivity contribution in [2.75, 3.05) is 12.4 Å². The lowest BCUT2D eigenvalue weighted by atomic mass is 10.0. The van der Waals surface area contributed by atoms with Crippen LogP contribution < -0.4 is 11.0 Å². The van der Waals surface area contributed by atoms with E-state index in [9.17, 15) is 24.6 Å². The lowest BCUT2D eigenvalue weighted by molar-refractivity contribution is -0.119. The molecule has 2 aromatic carbocycles. The molecule has 0 unspecified atom stereocenters. The van der Waals surface area contributed by atoms with Gasteiger partial charge in [-0.15, -0.1) is 11.3 Å². The molecule has 2 aromatic heterocycles. The second kappa shape index (κ2) is 9.63. The molecule has 0 saturated heterocycles. The van der Waals surface area contributed by atoms with Crippen LogP contribution in [-0.4, -0.2) is 43.7 Å². The quantitative estimate of drug-likeness (QED) is 0.297. The first-order chi connectivity index (χ1) is 16.4. The average Bonchev–Trinajstić information content (AvgIpc) is 3.42. The van der Waals surface area contributed by atoms with E-state index >= 15 is 0 Å². The van der Waals surface area contributed by atoms with Crippen molar-refractivity contribution < 1.29 is 24.5 Å². The summed E-state index contributed by atoms with van der Waals surface area (Å²) in [4.78, 5) is 44.4. The van der Waals surface area contributed by atoms with Crippen LogP contribution in [0.4, 0.5) is 5.13 Å². The standard InChI is InChI=1S/C23H20N4O6S/c1-33-21(31)16-12-34-22(24-16)26-19(29)17(11-13-5-3-2-4-6-13)27-20(30)18(25-23(27)32)14-7-9-15(28)10-8-14/h2-10,12,17,28,30H,11H2,1H3,(H,25,32)(H,24,26,29)/t17-/m0/s1. The van der Waals surface area contributed by atoms with Gasteiger partial charge < -0.3 is 25.3 Å². The molecule has 10 nitrogen and oxygen atoms in total. The van der Waals surface area contributed by atoms with Crippen molar-refractivity contribution in [3.05, 3.63) is 81.7 Å². The SMILES string of the molecule is COC(=O)c1csc(NC(=O)[C@H](Cc2ccccc2)n2c(O)c(-c3ccc(O)cc3)[nH]c2=O)n1. The molecule has 11 heteroatoms. The summed E-state index contributed by atoms with van der Waals surface area (Å²) in [6.45, 7) is 0. The maximum absolute atomic E-state index is 13.3. The first-order valence-corrected chi connectivity index (χ1v) is 11.0. The van der Waals surface area contributed by atoms with Gasteiger partial charge in [0, 0.05) is 17.4 Å². The average molecular weight is 481 g/mol. The fourth-order valence-electron chi connectivity index (χ4n) is 3.41. The zero-order chi connectivity index (χ0) is 24.2. The molecule has 0 bridgehead atoms. The second-order valence-electron chi connectivity index (χ2n) is 7.27. The molecule has 4 rings (SSSR count). The summed E-state index contributed by atoms with van der Waals surface area (Å²) in [7, 11) is 1.22. The Hall–Kier alpha value is -4.38. The highest BCUT2D eigenvalue weighted by molar-refractivity contribution is 7.14. The number of carbonyl (C=O) groups is 2. The third kappa shape index (κ3) is 4.69. The van der Waals surface area contributed by atoms with Gasteiger partial charge in [0.2, 0.25) is 11.8 Å². The summed E-state index contributed by atoms with van der Waals surface area (Å²) in [5, 5.41) is 24.6.